The first-order valence-electron chi connectivity index (χ1n) is 7.53. The van der Waals surface area contributed by atoms with Gasteiger partial charge in [-0.05, 0) is 43.0 Å². The van der Waals surface area contributed by atoms with Crippen LogP contribution in [0.1, 0.15) is 23.1 Å². The quantitative estimate of drug-likeness (QED) is 0.600. The molecule has 0 bridgehead atoms. The molecule has 0 fully saturated rings. The third-order valence-corrected chi connectivity index (χ3v) is 3.71. The number of hydrogen-bond donors (Lipinski definition) is 0. The molecule has 0 heterocycles. The van der Waals surface area contributed by atoms with E-state index < -0.39 is 0 Å². The summed E-state index contributed by atoms with van der Waals surface area (Å²) in [5.74, 6) is 1.71. The van der Waals surface area contributed by atoms with Crippen LogP contribution < -0.4 is 14.2 Å². The third-order valence-electron chi connectivity index (χ3n) is 3.71. The van der Waals surface area contributed by atoms with E-state index in [1.807, 2.05) is 50.2 Å². The Morgan fingerprint density at radius 2 is 1.57 bits per heavy atom. The van der Waals surface area contributed by atoms with Crippen molar-refractivity contribution in [3.63, 3.8) is 0 Å². The van der Waals surface area contributed by atoms with Gasteiger partial charge in [0.2, 0.25) is 0 Å². The van der Waals surface area contributed by atoms with Gasteiger partial charge in [-0.15, -0.1) is 0 Å². The number of carbonyl (C=O) groups is 1. The number of carbonyl (C=O) groups excluding carboxylic acids is 1. The van der Waals surface area contributed by atoms with Crippen LogP contribution in [0.3, 0.4) is 0 Å². The molecular weight excluding hydrogens is 292 g/mol. The molecule has 4 heteroatoms. The van der Waals surface area contributed by atoms with Gasteiger partial charge in [0.1, 0.15) is 5.75 Å². The minimum Gasteiger partial charge on any atom is -0.493 e. The Labute approximate surface area is 137 Å². The van der Waals surface area contributed by atoms with Crippen LogP contribution in [0.5, 0.6) is 17.2 Å². The van der Waals surface area contributed by atoms with Crippen molar-refractivity contribution in [3.05, 3.63) is 53.1 Å². The van der Waals surface area contributed by atoms with Gasteiger partial charge < -0.3 is 14.2 Å². The van der Waals surface area contributed by atoms with Crippen LogP contribution in [0.25, 0.3) is 0 Å². The number of aryl methyl sites for hydroxylation is 3. The summed E-state index contributed by atoms with van der Waals surface area (Å²) in [4.78, 5) is 12.2. The maximum absolute atomic E-state index is 12.2. The molecule has 122 valence electrons. The van der Waals surface area contributed by atoms with E-state index in [-0.39, 0.29) is 12.4 Å². The molecule has 2 rings (SSSR count). The highest BCUT2D eigenvalue weighted by Crippen LogP contribution is 2.31. The van der Waals surface area contributed by atoms with E-state index in [0.29, 0.717) is 23.7 Å². The lowest BCUT2D eigenvalue weighted by Gasteiger charge is -2.13. The number of esters is 1. The van der Waals surface area contributed by atoms with Crippen molar-refractivity contribution >= 4 is 5.97 Å². The number of hydrogen-bond acceptors (Lipinski definition) is 4. The molecule has 0 radical (unpaired) electrons. The summed E-state index contributed by atoms with van der Waals surface area (Å²) in [6, 6.07) is 11.4. The van der Waals surface area contributed by atoms with Gasteiger partial charge in [-0.2, -0.15) is 0 Å². The molecule has 0 spiro atoms. The van der Waals surface area contributed by atoms with Crippen LogP contribution in [0.4, 0.5) is 0 Å². The summed E-state index contributed by atoms with van der Waals surface area (Å²) in [6.07, 6.45) is 0.807. The van der Waals surface area contributed by atoms with Gasteiger partial charge in [0, 0.05) is 0 Å². The van der Waals surface area contributed by atoms with E-state index in [2.05, 4.69) is 0 Å². The highest BCUT2D eigenvalue weighted by Gasteiger charge is 2.13. The molecule has 0 saturated carbocycles. The van der Waals surface area contributed by atoms with Gasteiger partial charge in [-0.25, -0.2) is 0 Å². The normalized spacial score (nSPS) is 10.3. The predicted octanol–water partition coefficient (Wildman–Crippen LogP) is 3.86. The molecule has 0 aliphatic heterocycles. The zero-order valence-corrected chi connectivity index (χ0v) is 14.0. The topological polar surface area (TPSA) is 44.8 Å². The third kappa shape index (κ3) is 4.03. The molecule has 2 aromatic rings. The molecule has 4 nitrogen and oxygen atoms in total. The molecule has 0 N–H and O–H groups in total. The maximum atomic E-state index is 12.2. The summed E-state index contributed by atoms with van der Waals surface area (Å²) in [5.41, 5.74) is 2.83. The fraction of sp³-hybridized carbons (Fsp3) is 0.316. The molecular formula is C19H22O4. The highest BCUT2D eigenvalue weighted by molar-refractivity contribution is 5.73. The van der Waals surface area contributed by atoms with Crippen LogP contribution in [-0.4, -0.2) is 20.2 Å². The zero-order chi connectivity index (χ0) is 16.8. The first kappa shape index (κ1) is 16.9. The molecule has 0 unspecified atom stereocenters. The van der Waals surface area contributed by atoms with Crippen LogP contribution in [0.15, 0.2) is 36.4 Å². The van der Waals surface area contributed by atoms with Crippen LogP contribution >= 0.6 is 0 Å². The van der Waals surface area contributed by atoms with Gasteiger partial charge >= 0.3 is 5.97 Å². The monoisotopic (exact) mass is 314 g/mol. The molecule has 0 saturated heterocycles. The summed E-state index contributed by atoms with van der Waals surface area (Å²) in [5, 5.41) is 0. The Hall–Kier alpha value is -2.49. The lowest BCUT2D eigenvalue weighted by molar-refractivity contribution is -0.134. The van der Waals surface area contributed by atoms with Crippen molar-refractivity contribution in [2.45, 2.75) is 26.7 Å². The minimum absolute atomic E-state index is 0.257. The molecule has 0 aliphatic carbocycles. The number of benzene rings is 2. The van der Waals surface area contributed by atoms with Crippen molar-refractivity contribution in [3.8, 4) is 17.2 Å². The Bertz CT molecular complexity index is 672. The zero-order valence-electron chi connectivity index (χ0n) is 14.0. The second-order valence-corrected chi connectivity index (χ2v) is 5.35. The summed E-state index contributed by atoms with van der Waals surface area (Å²) >= 11 is 0. The second-order valence-electron chi connectivity index (χ2n) is 5.35. The number of para-hydroxylation sites is 2. The number of ether oxygens (including phenoxy) is 3. The van der Waals surface area contributed by atoms with E-state index in [1.165, 1.54) is 0 Å². The minimum atomic E-state index is -0.257. The van der Waals surface area contributed by atoms with Crippen molar-refractivity contribution in [2.24, 2.45) is 0 Å². The van der Waals surface area contributed by atoms with Gasteiger partial charge in [0.25, 0.3) is 0 Å². The van der Waals surface area contributed by atoms with Gasteiger partial charge in [-0.3, -0.25) is 4.79 Å². The van der Waals surface area contributed by atoms with E-state index in [1.54, 1.807) is 14.2 Å². The van der Waals surface area contributed by atoms with Gasteiger partial charge in [-0.1, -0.05) is 30.3 Å². The summed E-state index contributed by atoms with van der Waals surface area (Å²) in [7, 11) is 3.19. The molecule has 0 amide bonds. The van der Waals surface area contributed by atoms with Crippen molar-refractivity contribution in [1.82, 2.24) is 0 Å². The van der Waals surface area contributed by atoms with Crippen LogP contribution in [0.2, 0.25) is 0 Å². The van der Waals surface area contributed by atoms with E-state index >= 15 is 0 Å². The highest BCUT2D eigenvalue weighted by atomic mass is 16.5. The Kier molecular flexibility index (Phi) is 5.63. The maximum Gasteiger partial charge on any atom is 0.311 e. The van der Waals surface area contributed by atoms with Crippen molar-refractivity contribution in [2.75, 3.05) is 14.2 Å². The van der Waals surface area contributed by atoms with Crippen LogP contribution in [0, 0.1) is 13.8 Å². The molecule has 0 aromatic heterocycles. The average Bonchev–Trinajstić information content (AvgIpc) is 2.55. The molecule has 23 heavy (non-hydrogen) atoms. The first-order valence-corrected chi connectivity index (χ1v) is 7.53. The lowest BCUT2D eigenvalue weighted by Crippen LogP contribution is -2.11. The molecule has 2 aromatic carbocycles. The van der Waals surface area contributed by atoms with Crippen molar-refractivity contribution < 1.29 is 19.0 Å². The second kappa shape index (κ2) is 7.68. The average molecular weight is 314 g/mol. The lowest BCUT2D eigenvalue weighted by atomic mass is 10.1. The Morgan fingerprint density at radius 3 is 2.17 bits per heavy atom. The van der Waals surface area contributed by atoms with Crippen molar-refractivity contribution in [1.29, 1.82) is 0 Å². The fourth-order valence-electron chi connectivity index (χ4n) is 2.51. The standard InChI is InChI=1S/C19H22O4/c1-13-7-5-8-14(2)18(13)23-17(20)12-11-15-9-6-10-16(21-3)19(15)22-4/h5-10H,11-12H2,1-4H3. The van der Waals surface area contributed by atoms with E-state index in [4.69, 9.17) is 14.2 Å². The SMILES string of the molecule is COc1cccc(CCC(=O)Oc2c(C)cccc2C)c1OC. The summed E-state index contributed by atoms with van der Waals surface area (Å²) < 4.78 is 16.2. The van der Waals surface area contributed by atoms with Crippen LogP contribution in [-0.2, 0) is 11.2 Å². The smallest absolute Gasteiger partial charge is 0.311 e. The van der Waals surface area contributed by atoms with E-state index in [0.717, 1.165) is 16.7 Å². The largest absolute Gasteiger partial charge is 0.493 e. The Balaban J connectivity index is 2.05. The van der Waals surface area contributed by atoms with Gasteiger partial charge in [0.05, 0.1) is 20.6 Å². The number of methoxy groups -OCH3 is 2. The first-order chi connectivity index (χ1) is 11.1. The molecule has 0 aliphatic rings. The number of rotatable bonds is 6. The molecule has 0 atom stereocenters. The Morgan fingerprint density at radius 1 is 0.913 bits per heavy atom. The predicted molar refractivity (Wildman–Crippen MR) is 89.4 cm³/mol. The van der Waals surface area contributed by atoms with Gasteiger partial charge in [0.15, 0.2) is 11.5 Å². The fourth-order valence-corrected chi connectivity index (χ4v) is 2.51. The summed E-state index contributed by atoms with van der Waals surface area (Å²) in [6.45, 7) is 3.86. The van der Waals surface area contributed by atoms with E-state index in [9.17, 15) is 4.79 Å².